The summed E-state index contributed by atoms with van der Waals surface area (Å²) < 4.78 is 26.2. The Morgan fingerprint density at radius 3 is 2.46 bits per heavy atom. The zero-order valence-corrected chi connectivity index (χ0v) is 17.0. The summed E-state index contributed by atoms with van der Waals surface area (Å²) in [6.45, 7) is 3.96. The molecule has 1 heterocycles. The first kappa shape index (κ1) is 19.8. The van der Waals surface area contributed by atoms with Gasteiger partial charge >= 0.3 is 0 Å². The van der Waals surface area contributed by atoms with Crippen molar-refractivity contribution in [2.24, 2.45) is 0 Å². The SMILES string of the molecule is CCN(C(=O)CN(c1cccc2cccnc12)S(C)(=O)=O)c1cccc(C)c1. The predicted molar refractivity (Wildman–Crippen MR) is 113 cm³/mol. The van der Waals surface area contributed by atoms with E-state index in [2.05, 4.69) is 4.98 Å². The van der Waals surface area contributed by atoms with E-state index in [4.69, 9.17) is 0 Å². The highest BCUT2D eigenvalue weighted by atomic mass is 32.2. The Kier molecular flexibility index (Phi) is 5.65. The summed E-state index contributed by atoms with van der Waals surface area (Å²) in [6.07, 6.45) is 2.71. The van der Waals surface area contributed by atoms with Crippen LogP contribution in [-0.2, 0) is 14.8 Å². The number of benzene rings is 2. The van der Waals surface area contributed by atoms with Crippen molar-refractivity contribution < 1.29 is 13.2 Å². The van der Waals surface area contributed by atoms with Gasteiger partial charge in [-0.2, -0.15) is 0 Å². The van der Waals surface area contributed by atoms with Crippen molar-refractivity contribution in [1.82, 2.24) is 4.98 Å². The van der Waals surface area contributed by atoms with Crippen LogP contribution >= 0.6 is 0 Å². The second-order valence-corrected chi connectivity index (χ2v) is 8.51. The zero-order chi connectivity index (χ0) is 20.3. The second kappa shape index (κ2) is 7.98. The fourth-order valence-corrected chi connectivity index (χ4v) is 4.03. The van der Waals surface area contributed by atoms with Gasteiger partial charge in [-0.05, 0) is 43.7 Å². The Hall–Kier alpha value is -2.93. The lowest BCUT2D eigenvalue weighted by molar-refractivity contribution is -0.117. The molecule has 3 aromatic rings. The first-order valence-electron chi connectivity index (χ1n) is 8.99. The number of pyridine rings is 1. The molecular weight excluding hydrogens is 374 g/mol. The minimum atomic E-state index is -3.69. The smallest absolute Gasteiger partial charge is 0.247 e. The molecule has 3 rings (SSSR count). The minimum absolute atomic E-state index is 0.295. The van der Waals surface area contributed by atoms with Crippen LogP contribution in [0.25, 0.3) is 10.9 Å². The molecule has 0 bridgehead atoms. The van der Waals surface area contributed by atoms with Crippen LogP contribution in [-0.4, -0.2) is 38.7 Å². The highest BCUT2D eigenvalue weighted by molar-refractivity contribution is 7.92. The molecule has 0 saturated heterocycles. The van der Waals surface area contributed by atoms with Gasteiger partial charge in [-0.1, -0.05) is 30.3 Å². The number of hydrogen-bond donors (Lipinski definition) is 0. The number of carbonyl (C=O) groups excluding carboxylic acids is 1. The van der Waals surface area contributed by atoms with E-state index < -0.39 is 10.0 Å². The number of fused-ring (bicyclic) bond motifs is 1. The van der Waals surface area contributed by atoms with Gasteiger partial charge in [0.2, 0.25) is 15.9 Å². The van der Waals surface area contributed by atoms with E-state index in [1.165, 1.54) is 0 Å². The lowest BCUT2D eigenvalue weighted by atomic mass is 10.2. The van der Waals surface area contributed by atoms with Gasteiger partial charge < -0.3 is 4.90 Å². The molecule has 0 spiro atoms. The van der Waals surface area contributed by atoms with Gasteiger partial charge in [0.15, 0.2) is 0 Å². The summed E-state index contributed by atoms with van der Waals surface area (Å²) in [7, 11) is -3.69. The molecule has 1 aromatic heterocycles. The number of likely N-dealkylation sites (N-methyl/N-ethyl adjacent to an activating group) is 1. The van der Waals surface area contributed by atoms with Crippen molar-refractivity contribution in [2.45, 2.75) is 13.8 Å². The number of aryl methyl sites for hydroxylation is 1. The van der Waals surface area contributed by atoms with E-state index in [1.54, 1.807) is 29.3 Å². The van der Waals surface area contributed by atoms with E-state index in [1.807, 2.05) is 50.2 Å². The van der Waals surface area contributed by atoms with E-state index in [9.17, 15) is 13.2 Å². The number of nitrogens with zero attached hydrogens (tertiary/aromatic N) is 3. The van der Waals surface area contributed by atoms with Gasteiger partial charge in [0.05, 0.1) is 17.5 Å². The van der Waals surface area contributed by atoms with Gasteiger partial charge in [0.1, 0.15) is 6.54 Å². The maximum absolute atomic E-state index is 13.1. The highest BCUT2D eigenvalue weighted by Gasteiger charge is 2.26. The molecule has 28 heavy (non-hydrogen) atoms. The van der Waals surface area contributed by atoms with Gasteiger partial charge in [-0.15, -0.1) is 0 Å². The molecule has 0 N–H and O–H groups in total. The van der Waals surface area contributed by atoms with Crippen molar-refractivity contribution in [3.8, 4) is 0 Å². The molecule has 0 fully saturated rings. The Bertz CT molecular complexity index is 1110. The van der Waals surface area contributed by atoms with E-state index in [0.717, 1.165) is 27.2 Å². The van der Waals surface area contributed by atoms with Crippen molar-refractivity contribution in [2.75, 3.05) is 28.6 Å². The molecule has 0 aliphatic rings. The summed E-state index contributed by atoms with van der Waals surface area (Å²) in [5.74, 6) is -0.300. The van der Waals surface area contributed by atoms with Crippen LogP contribution in [0.15, 0.2) is 60.8 Å². The summed E-state index contributed by atoms with van der Waals surface area (Å²) in [5, 5.41) is 0.812. The molecule has 0 saturated carbocycles. The van der Waals surface area contributed by atoms with Crippen LogP contribution in [0.2, 0.25) is 0 Å². The fourth-order valence-electron chi connectivity index (χ4n) is 3.18. The number of aromatic nitrogens is 1. The number of anilines is 2. The monoisotopic (exact) mass is 397 g/mol. The number of carbonyl (C=O) groups is 1. The number of rotatable bonds is 6. The van der Waals surface area contributed by atoms with Crippen LogP contribution in [0.4, 0.5) is 11.4 Å². The Labute approximate surface area is 165 Å². The molecule has 0 unspecified atom stereocenters. The van der Waals surface area contributed by atoms with Gasteiger partial charge in [0.25, 0.3) is 0 Å². The van der Waals surface area contributed by atoms with Crippen molar-refractivity contribution in [3.05, 3.63) is 66.4 Å². The number of sulfonamides is 1. The maximum Gasteiger partial charge on any atom is 0.247 e. The number of hydrogen-bond acceptors (Lipinski definition) is 4. The largest absolute Gasteiger partial charge is 0.311 e. The maximum atomic E-state index is 13.1. The third-order valence-corrected chi connectivity index (χ3v) is 5.62. The molecule has 2 aromatic carbocycles. The highest BCUT2D eigenvalue weighted by Crippen LogP contribution is 2.27. The van der Waals surface area contributed by atoms with E-state index in [0.29, 0.717) is 17.7 Å². The topological polar surface area (TPSA) is 70.6 Å². The zero-order valence-electron chi connectivity index (χ0n) is 16.2. The predicted octanol–water partition coefficient (Wildman–Crippen LogP) is 3.36. The average Bonchev–Trinajstić information content (AvgIpc) is 2.65. The summed E-state index contributed by atoms with van der Waals surface area (Å²) >= 11 is 0. The molecule has 0 aliphatic carbocycles. The summed E-state index contributed by atoms with van der Waals surface area (Å²) in [5.41, 5.74) is 2.72. The summed E-state index contributed by atoms with van der Waals surface area (Å²) in [4.78, 5) is 19.0. The normalized spacial score (nSPS) is 11.4. The Morgan fingerprint density at radius 1 is 1.07 bits per heavy atom. The first-order valence-corrected chi connectivity index (χ1v) is 10.8. The van der Waals surface area contributed by atoms with Crippen LogP contribution in [0, 0.1) is 6.92 Å². The number of para-hydroxylation sites is 1. The second-order valence-electron chi connectivity index (χ2n) is 6.60. The van der Waals surface area contributed by atoms with Gasteiger partial charge in [0, 0.05) is 23.8 Å². The lowest BCUT2D eigenvalue weighted by Crippen LogP contribution is -2.43. The molecule has 0 radical (unpaired) electrons. The lowest BCUT2D eigenvalue weighted by Gasteiger charge is -2.27. The van der Waals surface area contributed by atoms with Crippen LogP contribution in [0.5, 0.6) is 0 Å². The van der Waals surface area contributed by atoms with Crippen molar-refractivity contribution >= 4 is 38.2 Å². The average molecular weight is 398 g/mol. The molecular formula is C21H23N3O3S. The van der Waals surface area contributed by atoms with E-state index >= 15 is 0 Å². The quantitative estimate of drug-likeness (QED) is 0.639. The van der Waals surface area contributed by atoms with Crippen LogP contribution in [0.3, 0.4) is 0 Å². The number of amides is 1. The molecule has 1 amide bonds. The van der Waals surface area contributed by atoms with Gasteiger partial charge in [-0.3, -0.25) is 14.1 Å². The molecule has 0 aliphatic heterocycles. The van der Waals surface area contributed by atoms with Crippen LogP contribution in [0.1, 0.15) is 12.5 Å². The minimum Gasteiger partial charge on any atom is -0.311 e. The standard InChI is InChI=1S/C21H23N3O3S/c1-4-23(18-11-5-8-16(2)14-18)20(25)15-24(28(3,26)27)19-12-6-9-17-10-7-13-22-21(17)19/h5-14H,4,15H2,1-3H3. The Balaban J connectivity index is 2.00. The van der Waals surface area contributed by atoms with Crippen LogP contribution < -0.4 is 9.21 Å². The van der Waals surface area contributed by atoms with Gasteiger partial charge in [-0.25, -0.2) is 8.42 Å². The van der Waals surface area contributed by atoms with Crippen molar-refractivity contribution in [3.63, 3.8) is 0 Å². The molecule has 0 atom stereocenters. The Morgan fingerprint density at radius 2 is 1.79 bits per heavy atom. The first-order chi connectivity index (χ1) is 13.3. The van der Waals surface area contributed by atoms with E-state index in [-0.39, 0.29) is 12.5 Å². The fraction of sp³-hybridized carbons (Fsp3) is 0.238. The molecule has 7 heteroatoms. The molecule has 6 nitrogen and oxygen atoms in total. The third kappa shape index (κ3) is 4.14. The molecule has 146 valence electrons. The third-order valence-electron chi connectivity index (χ3n) is 4.49. The van der Waals surface area contributed by atoms with Crippen molar-refractivity contribution in [1.29, 1.82) is 0 Å². The summed E-state index contributed by atoms with van der Waals surface area (Å²) in [6, 6.07) is 16.5.